The van der Waals surface area contributed by atoms with E-state index in [1.165, 1.54) is 6.07 Å². The van der Waals surface area contributed by atoms with E-state index in [2.05, 4.69) is 10.3 Å². The molecule has 4 amide bonds. The molecule has 3 aromatic rings. The molecular formula is C27H27F4N5O7S. The molecule has 0 bridgehead atoms. The summed E-state index contributed by atoms with van der Waals surface area (Å²) >= 11 is 0. The molecule has 1 unspecified atom stereocenters. The summed E-state index contributed by atoms with van der Waals surface area (Å²) in [6.45, 7) is 2.13. The maximum absolute atomic E-state index is 13.6. The summed E-state index contributed by atoms with van der Waals surface area (Å²) < 4.78 is 85.7. The highest BCUT2D eigenvalue weighted by atomic mass is 32.2. The third-order valence-corrected chi connectivity index (χ3v) is 9.16. The molecule has 2 fully saturated rings. The average Bonchev–Trinajstić information content (AvgIpc) is 3.56. The van der Waals surface area contributed by atoms with E-state index in [0.717, 1.165) is 44.4 Å². The van der Waals surface area contributed by atoms with Crippen LogP contribution in [0.3, 0.4) is 0 Å². The topological polar surface area (TPSA) is 153 Å². The number of nitrogens with zero attached hydrogens (tertiary/aromatic N) is 4. The number of rotatable bonds is 7. The van der Waals surface area contributed by atoms with E-state index in [1.807, 2.05) is 0 Å². The molecule has 2 aliphatic heterocycles. The molecule has 2 aromatic heterocycles. The number of furan rings is 1. The van der Waals surface area contributed by atoms with Crippen molar-refractivity contribution in [2.75, 3.05) is 24.5 Å². The van der Waals surface area contributed by atoms with E-state index >= 15 is 0 Å². The smallest absolute Gasteiger partial charge is 0.417 e. The highest BCUT2D eigenvalue weighted by molar-refractivity contribution is 7.89. The molecule has 44 heavy (non-hydrogen) atoms. The number of imide groups is 1. The van der Waals surface area contributed by atoms with Crippen LogP contribution in [0, 0.1) is 11.7 Å². The maximum Gasteiger partial charge on any atom is 0.417 e. The maximum atomic E-state index is 13.6. The first kappa shape index (κ1) is 31.3. The normalized spacial score (nSPS) is 22.0. The van der Waals surface area contributed by atoms with Gasteiger partial charge in [-0.15, -0.1) is 0 Å². The Morgan fingerprint density at radius 1 is 1.18 bits per heavy atom. The lowest BCUT2D eigenvalue weighted by molar-refractivity contribution is -0.138. The third-order valence-electron chi connectivity index (χ3n) is 7.42. The first-order valence-electron chi connectivity index (χ1n) is 13.4. The van der Waals surface area contributed by atoms with Crippen molar-refractivity contribution in [2.45, 2.75) is 49.7 Å². The van der Waals surface area contributed by atoms with Crippen molar-refractivity contribution < 1.29 is 49.9 Å². The minimum atomic E-state index is -4.65. The van der Waals surface area contributed by atoms with Gasteiger partial charge in [-0.1, -0.05) is 0 Å². The number of pyridine rings is 1. The summed E-state index contributed by atoms with van der Waals surface area (Å²) in [4.78, 5) is 45.3. The van der Waals surface area contributed by atoms with Gasteiger partial charge in [0.2, 0.25) is 16.9 Å². The molecule has 236 valence electrons. The average molecular weight is 642 g/mol. The number of nitrogens with one attached hydrogen (secondary N) is 1. The zero-order valence-corrected chi connectivity index (χ0v) is 24.1. The summed E-state index contributed by atoms with van der Waals surface area (Å²) in [7, 11) is -4.47. The summed E-state index contributed by atoms with van der Waals surface area (Å²) in [5, 5.41) is 12.7. The van der Waals surface area contributed by atoms with Gasteiger partial charge in [-0.2, -0.15) is 17.5 Å². The van der Waals surface area contributed by atoms with Crippen LogP contribution < -0.4 is 10.2 Å². The summed E-state index contributed by atoms with van der Waals surface area (Å²) in [6.07, 6.45) is -5.59. The zero-order chi connectivity index (χ0) is 32.1. The second-order valence-corrected chi connectivity index (χ2v) is 12.5. The van der Waals surface area contributed by atoms with Gasteiger partial charge in [0.25, 0.3) is 10.0 Å². The summed E-state index contributed by atoms with van der Waals surface area (Å²) in [5.41, 5.74) is -0.936. The predicted octanol–water partition coefficient (Wildman–Crippen LogP) is 2.72. The Morgan fingerprint density at radius 3 is 2.55 bits per heavy atom. The van der Waals surface area contributed by atoms with Gasteiger partial charge in [-0.05, 0) is 50.6 Å². The molecule has 2 N–H and O–H groups in total. The number of carbonyl (C=O) groups is 3. The lowest BCUT2D eigenvalue weighted by Gasteiger charge is -2.40. The Morgan fingerprint density at radius 2 is 1.91 bits per heavy atom. The molecule has 0 saturated carbocycles. The van der Waals surface area contributed by atoms with Gasteiger partial charge in [0, 0.05) is 43.3 Å². The predicted molar refractivity (Wildman–Crippen MR) is 145 cm³/mol. The number of aliphatic hydroxyl groups is 1. The fourth-order valence-electron chi connectivity index (χ4n) is 5.21. The van der Waals surface area contributed by atoms with Crippen molar-refractivity contribution in [2.24, 2.45) is 5.92 Å². The van der Waals surface area contributed by atoms with Gasteiger partial charge in [0.15, 0.2) is 0 Å². The molecule has 0 radical (unpaired) electrons. The molecule has 17 heteroatoms. The number of anilines is 1. The monoisotopic (exact) mass is 641 g/mol. The second-order valence-electron chi connectivity index (χ2n) is 10.7. The van der Waals surface area contributed by atoms with E-state index in [9.17, 15) is 45.5 Å². The lowest BCUT2D eigenvalue weighted by atomic mass is 10.0. The first-order valence-corrected chi connectivity index (χ1v) is 14.9. The van der Waals surface area contributed by atoms with Crippen LogP contribution in [0.25, 0.3) is 11.0 Å². The van der Waals surface area contributed by atoms with Crippen LogP contribution in [-0.2, 0) is 25.8 Å². The van der Waals surface area contributed by atoms with Gasteiger partial charge >= 0.3 is 12.2 Å². The van der Waals surface area contributed by atoms with Crippen LogP contribution in [0.4, 0.5) is 28.2 Å². The van der Waals surface area contributed by atoms with Crippen molar-refractivity contribution in [1.29, 1.82) is 0 Å². The Hall–Kier alpha value is -4.09. The number of carbonyl (C=O) groups excluding carboxylic acids is 3. The number of halogens is 4. The molecule has 3 atom stereocenters. The van der Waals surface area contributed by atoms with Crippen molar-refractivity contribution in [3.05, 3.63) is 54.0 Å². The van der Waals surface area contributed by atoms with Gasteiger partial charge in [0.1, 0.15) is 23.3 Å². The number of hydrogen-bond acceptors (Lipinski definition) is 8. The van der Waals surface area contributed by atoms with Crippen LogP contribution in [-0.4, -0.2) is 83.4 Å². The number of sulfonamides is 1. The number of fused-ring (bicyclic) bond motifs is 1. The highest BCUT2D eigenvalue weighted by Gasteiger charge is 2.47. The van der Waals surface area contributed by atoms with Crippen molar-refractivity contribution in [3.8, 4) is 0 Å². The van der Waals surface area contributed by atoms with E-state index in [4.69, 9.17) is 4.42 Å². The summed E-state index contributed by atoms with van der Waals surface area (Å²) in [6, 6.07) is 3.21. The molecule has 5 rings (SSSR count). The first-order chi connectivity index (χ1) is 20.6. The van der Waals surface area contributed by atoms with E-state index in [0.29, 0.717) is 6.20 Å². The third kappa shape index (κ3) is 5.73. The number of hydrogen-bond donors (Lipinski definition) is 2. The zero-order valence-electron chi connectivity index (χ0n) is 23.3. The number of aromatic nitrogens is 1. The molecule has 0 aliphatic carbocycles. The molecule has 0 spiro atoms. The van der Waals surface area contributed by atoms with Crippen LogP contribution in [0.15, 0.2) is 52.1 Å². The molecular weight excluding hydrogens is 614 g/mol. The Labute approximate surface area is 248 Å². The van der Waals surface area contributed by atoms with Gasteiger partial charge in [-0.25, -0.2) is 22.6 Å². The fourth-order valence-corrected chi connectivity index (χ4v) is 6.80. The van der Waals surface area contributed by atoms with E-state index in [-0.39, 0.29) is 36.3 Å². The number of amides is 4. The van der Waals surface area contributed by atoms with Crippen LogP contribution in [0.1, 0.15) is 25.8 Å². The van der Waals surface area contributed by atoms with Gasteiger partial charge in [0.05, 0.1) is 17.6 Å². The number of alkyl halides is 3. The van der Waals surface area contributed by atoms with Crippen molar-refractivity contribution in [3.63, 3.8) is 0 Å². The quantitative estimate of drug-likeness (QED) is 0.374. The summed E-state index contributed by atoms with van der Waals surface area (Å²) in [5.74, 6) is -3.44. The molecule has 4 heterocycles. The fraction of sp³-hybridized carbons (Fsp3) is 0.407. The number of urea groups is 1. The van der Waals surface area contributed by atoms with Crippen molar-refractivity contribution in [1.82, 2.24) is 19.5 Å². The molecule has 2 saturated heterocycles. The minimum Gasteiger partial charge on any atom is -0.443 e. The highest BCUT2D eigenvalue weighted by Crippen LogP contribution is 2.32. The Balaban J connectivity index is 1.35. The lowest BCUT2D eigenvalue weighted by Crippen LogP contribution is -2.61. The van der Waals surface area contributed by atoms with Gasteiger partial charge in [-0.3, -0.25) is 19.4 Å². The SMILES string of the molecule is CC(C)N1C(=O)C(CNC(=O)[C@@H]2[C@@H](O)CCN2S(=O)(=O)c2cc3cc(F)ccc3o2)CN(c2ccc(C(F)(F)F)cn2)C1=O. The Bertz CT molecular complexity index is 1710. The van der Waals surface area contributed by atoms with Crippen LogP contribution >= 0.6 is 0 Å². The largest absolute Gasteiger partial charge is 0.443 e. The standard InChI is InChI=1S/C27H27F4N5O7S/c1-14(2)36-25(39)16(13-34(26(36)40)21-6-3-17(12-32-21)27(29,30)31)11-33-24(38)23-19(37)7-8-35(23)44(41,42)22-10-15-9-18(28)4-5-20(15)43-22/h3-6,9-10,12,14,16,19,23,37H,7-8,11,13H2,1-2H3,(H,33,38)/t16?,19-,23-/m0/s1. The van der Waals surface area contributed by atoms with Gasteiger partial charge < -0.3 is 14.8 Å². The van der Waals surface area contributed by atoms with E-state index in [1.54, 1.807) is 13.8 Å². The molecule has 1 aromatic carbocycles. The second kappa shape index (κ2) is 11.4. The number of benzene rings is 1. The van der Waals surface area contributed by atoms with Crippen LogP contribution in [0.2, 0.25) is 0 Å². The molecule has 2 aliphatic rings. The Kier molecular flexibility index (Phi) is 8.15. The van der Waals surface area contributed by atoms with E-state index < -0.39 is 81.2 Å². The number of aliphatic hydroxyl groups excluding tert-OH is 1. The van der Waals surface area contributed by atoms with Crippen LogP contribution in [0.5, 0.6) is 0 Å². The van der Waals surface area contributed by atoms with Crippen molar-refractivity contribution >= 4 is 44.7 Å². The molecule has 12 nitrogen and oxygen atoms in total. The minimum absolute atomic E-state index is 0.0858.